The van der Waals surface area contributed by atoms with Gasteiger partial charge in [-0.1, -0.05) is 76.9 Å². The first-order valence-electron chi connectivity index (χ1n) is 10.4. The molecule has 3 heteroatoms. The summed E-state index contributed by atoms with van der Waals surface area (Å²) in [6.07, 6.45) is 3.70. The number of nitrogens with zero attached hydrogens (tertiary/aromatic N) is 1. The Morgan fingerprint density at radius 1 is 0.759 bits per heavy atom. The Labute approximate surface area is 179 Å². The molecule has 5 rings (SSSR count). The molecule has 0 aromatic heterocycles. The highest BCUT2D eigenvalue weighted by Gasteiger charge is 2.29. The van der Waals surface area contributed by atoms with E-state index in [9.17, 15) is 5.11 Å². The van der Waals surface area contributed by atoms with E-state index >= 15 is 0 Å². The van der Waals surface area contributed by atoms with E-state index in [-0.39, 0.29) is 6.04 Å². The van der Waals surface area contributed by atoms with Crippen molar-refractivity contribution < 1.29 is 5.11 Å². The van der Waals surface area contributed by atoms with Crippen molar-refractivity contribution in [2.24, 2.45) is 0 Å². The number of likely N-dealkylation sites (tertiary alicyclic amines) is 1. The Morgan fingerprint density at radius 3 is 2.41 bits per heavy atom. The summed E-state index contributed by atoms with van der Waals surface area (Å²) in [6, 6.07) is 25.4. The zero-order chi connectivity index (χ0) is 19.8. The summed E-state index contributed by atoms with van der Waals surface area (Å²) in [5.74, 6) is 0.378. The molecule has 1 aliphatic heterocycles. The predicted octanol–water partition coefficient (Wildman–Crippen LogP) is 7.04. The summed E-state index contributed by atoms with van der Waals surface area (Å²) in [6.45, 7) is 2.11. The number of halogens is 1. The van der Waals surface area contributed by atoms with Gasteiger partial charge >= 0.3 is 0 Å². The van der Waals surface area contributed by atoms with Crippen LogP contribution in [0.2, 0.25) is 0 Å². The summed E-state index contributed by atoms with van der Waals surface area (Å²) >= 11 is 3.59. The quantitative estimate of drug-likeness (QED) is 0.365. The number of piperidine rings is 1. The second-order valence-electron chi connectivity index (χ2n) is 7.93. The second kappa shape index (κ2) is 7.81. The van der Waals surface area contributed by atoms with Crippen molar-refractivity contribution in [2.75, 3.05) is 13.1 Å². The van der Waals surface area contributed by atoms with Gasteiger partial charge in [-0.05, 0) is 71.2 Å². The molecule has 2 nitrogen and oxygen atoms in total. The van der Waals surface area contributed by atoms with Gasteiger partial charge < -0.3 is 5.11 Å². The topological polar surface area (TPSA) is 23.5 Å². The Bertz CT molecular complexity index is 1170. The van der Waals surface area contributed by atoms with Gasteiger partial charge in [0.05, 0.1) is 6.04 Å². The summed E-state index contributed by atoms with van der Waals surface area (Å²) < 4.78 is 1.06. The summed E-state index contributed by atoms with van der Waals surface area (Å²) in [5, 5.41) is 15.9. The molecule has 0 saturated carbocycles. The minimum atomic E-state index is 0.0336. The van der Waals surface area contributed by atoms with E-state index in [2.05, 4.69) is 81.5 Å². The van der Waals surface area contributed by atoms with E-state index in [0.717, 1.165) is 33.9 Å². The average molecular weight is 446 g/mol. The van der Waals surface area contributed by atoms with E-state index in [0.29, 0.717) is 5.75 Å². The first-order chi connectivity index (χ1) is 14.2. The molecule has 0 amide bonds. The summed E-state index contributed by atoms with van der Waals surface area (Å²) in [4.78, 5) is 2.56. The molecule has 1 heterocycles. The van der Waals surface area contributed by atoms with Gasteiger partial charge in [0, 0.05) is 10.0 Å². The molecule has 1 unspecified atom stereocenters. The SMILES string of the molecule is Oc1ccc2cc(Br)ccc2c1C(c1cccc2ccccc12)N1CCCCC1. The maximum absolute atomic E-state index is 11.1. The van der Waals surface area contributed by atoms with Gasteiger partial charge in [-0.15, -0.1) is 0 Å². The van der Waals surface area contributed by atoms with Gasteiger partial charge in [-0.25, -0.2) is 0 Å². The van der Waals surface area contributed by atoms with Gasteiger partial charge in [0.15, 0.2) is 0 Å². The lowest BCUT2D eigenvalue weighted by Gasteiger charge is -2.36. The fraction of sp³-hybridized carbons (Fsp3) is 0.231. The maximum Gasteiger partial charge on any atom is 0.121 e. The molecular weight excluding hydrogens is 422 g/mol. The van der Waals surface area contributed by atoms with E-state index < -0.39 is 0 Å². The predicted molar refractivity (Wildman–Crippen MR) is 125 cm³/mol. The van der Waals surface area contributed by atoms with Gasteiger partial charge in [0.2, 0.25) is 0 Å². The highest BCUT2D eigenvalue weighted by atomic mass is 79.9. The van der Waals surface area contributed by atoms with Crippen LogP contribution in [0.25, 0.3) is 21.5 Å². The second-order valence-corrected chi connectivity index (χ2v) is 8.85. The van der Waals surface area contributed by atoms with Crippen LogP contribution in [0.3, 0.4) is 0 Å². The van der Waals surface area contributed by atoms with E-state index in [1.165, 1.54) is 35.6 Å². The number of aromatic hydroxyl groups is 1. The highest BCUT2D eigenvalue weighted by molar-refractivity contribution is 9.10. The summed E-state index contributed by atoms with van der Waals surface area (Å²) in [7, 11) is 0. The zero-order valence-corrected chi connectivity index (χ0v) is 17.9. The Morgan fingerprint density at radius 2 is 1.55 bits per heavy atom. The number of fused-ring (bicyclic) bond motifs is 2. The minimum Gasteiger partial charge on any atom is -0.508 e. The largest absolute Gasteiger partial charge is 0.508 e. The lowest BCUT2D eigenvalue weighted by Crippen LogP contribution is -2.34. The van der Waals surface area contributed by atoms with Crippen LogP contribution in [-0.4, -0.2) is 23.1 Å². The number of benzene rings is 4. The van der Waals surface area contributed by atoms with Gasteiger partial charge in [-0.3, -0.25) is 4.90 Å². The van der Waals surface area contributed by atoms with Gasteiger partial charge in [0.25, 0.3) is 0 Å². The molecule has 1 fully saturated rings. The standard InChI is InChI=1S/C26H24BrNO/c27-20-12-13-22-19(17-20)11-14-24(29)25(22)26(28-15-4-1-5-16-28)23-10-6-8-18-7-2-3-9-21(18)23/h2-3,6-14,17,26,29H,1,4-5,15-16H2. The molecule has 1 atom stereocenters. The third kappa shape index (κ3) is 3.43. The monoisotopic (exact) mass is 445 g/mol. The van der Waals surface area contributed by atoms with Crippen molar-refractivity contribution in [2.45, 2.75) is 25.3 Å². The molecule has 0 aliphatic carbocycles. The molecule has 4 aromatic carbocycles. The number of rotatable bonds is 3. The van der Waals surface area contributed by atoms with Crippen LogP contribution < -0.4 is 0 Å². The van der Waals surface area contributed by atoms with Crippen LogP contribution in [-0.2, 0) is 0 Å². The van der Waals surface area contributed by atoms with Gasteiger partial charge in [0.1, 0.15) is 5.75 Å². The number of hydrogen-bond acceptors (Lipinski definition) is 2. The lowest BCUT2D eigenvalue weighted by atomic mass is 9.88. The van der Waals surface area contributed by atoms with Crippen molar-refractivity contribution in [3.05, 3.63) is 88.4 Å². The van der Waals surface area contributed by atoms with Crippen LogP contribution in [0.4, 0.5) is 0 Å². The number of phenolic OH excluding ortho intramolecular Hbond substituents is 1. The third-order valence-corrected chi connectivity index (χ3v) is 6.64. The van der Waals surface area contributed by atoms with Crippen molar-refractivity contribution >= 4 is 37.5 Å². The van der Waals surface area contributed by atoms with E-state index in [1.807, 2.05) is 12.1 Å². The Hall–Kier alpha value is -2.36. The molecule has 0 radical (unpaired) electrons. The van der Waals surface area contributed by atoms with Crippen LogP contribution in [0.1, 0.15) is 36.4 Å². The number of hydrogen-bond donors (Lipinski definition) is 1. The molecular formula is C26H24BrNO. The van der Waals surface area contributed by atoms with E-state index in [4.69, 9.17) is 0 Å². The summed E-state index contributed by atoms with van der Waals surface area (Å²) in [5.41, 5.74) is 2.30. The third-order valence-electron chi connectivity index (χ3n) is 6.15. The van der Waals surface area contributed by atoms with Crippen molar-refractivity contribution in [3.63, 3.8) is 0 Å². The van der Waals surface area contributed by atoms with E-state index in [1.54, 1.807) is 0 Å². The van der Waals surface area contributed by atoms with Crippen LogP contribution >= 0.6 is 15.9 Å². The molecule has 4 aromatic rings. The molecule has 146 valence electrons. The zero-order valence-electron chi connectivity index (χ0n) is 16.3. The van der Waals surface area contributed by atoms with Crippen molar-refractivity contribution in [1.82, 2.24) is 4.90 Å². The van der Waals surface area contributed by atoms with Crippen LogP contribution in [0, 0.1) is 0 Å². The fourth-order valence-corrected chi connectivity index (χ4v) is 5.18. The first-order valence-corrected chi connectivity index (χ1v) is 11.1. The normalized spacial score (nSPS) is 16.3. The lowest BCUT2D eigenvalue weighted by molar-refractivity contribution is 0.187. The molecule has 29 heavy (non-hydrogen) atoms. The molecule has 0 spiro atoms. The number of phenols is 1. The van der Waals surface area contributed by atoms with Crippen LogP contribution in [0.15, 0.2) is 77.3 Å². The molecule has 1 aliphatic rings. The molecule has 1 saturated heterocycles. The van der Waals surface area contributed by atoms with Crippen molar-refractivity contribution in [3.8, 4) is 5.75 Å². The van der Waals surface area contributed by atoms with Crippen molar-refractivity contribution in [1.29, 1.82) is 0 Å². The average Bonchev–Trinajstić information content (AvgIpc) is 2.76. The first kappa shape index (κ1) is 18.7. The highest BCUT2D eigenvalue weighted by Crippen LogP contribution is 2.42. The minimum absolute atomic E-state index is 0.0336. The fourth-order valence-electron chi connectivity index (χ4n) is 4.80. The van der Waals surface area contributed by atoms with Crippen LogP contribution in [0.5, 0.6) is 5.75 Å². The smallest absolute Gasteiger partial charge is 0.121 e. The molecule has 1 N–H and O–H groups in total. The molecule has 0 bridgehead atoms. The maximum atomic E-state index is 11.1. The Kier molecular flexibility index (Phi) is 5.03. The Balaban J connectivity index is 1.80. The van der Waals surface area contributed by atoms with Gasteiger partial charge in [-0.2, -0.15) is 0 Å².